The maximum atomic E-state index is 12.6. The van der Waals surface area contributed by atoms with Gasteiger partial charge in [-0.15, -0.1) is 13.2 Å². The summed E-state index contributed by atoms with van der Waals surface area (Å²) in [4.78, 5) is 3.15. The van der Waals surface area contributed by atoms with Crippen LogP contribution in [0, 0.1) is 9.52 Å². The number of ether oxygens (including phenoxy) is 1. The molecule has 0 aromatic carbocycles. The second-order valence-corrected chi connectivity index (χ2v) is 3.04. The molecule has 0 unspecified atom stereocenters. The highest BCUT2D eigenvalue weighted by Crippen LogP contribution is 2.27. The van der Waals surface area contributed by atoms with Crippen LogP contribution in [-0.2, 0) is 0 Å². The van der Waals surface area contributed by atoms with E-state index in [-0.39, 0.29) is 3.57 Å². The van der Waals surface area contributed by atoms with Gasteiger partial charge in [-0.25, -0.2) is 4.98 Å². The molecule has 0 atom stereocenters. The van der Waals surface area contributed by atoms with E-state index in [2.05, 4.69) is 9.72 Å². The summed E-state index contributed by atoms with van der Waals surface area (Å²) in [6, 6.07) is 0.943. The van der Waals surface area contributed by atoms with Gasteiger partial charge in [0.15, 0.2) is 0 Å². The summed E-state index contributed by atoms with van der Waals surface area (Å²) in [7, 11) is 0. The molecule has 1 aromatic heterocycles. The van der Waals surface area contributed by atoms with E-state index in [1.54, 1.807) is 0 Å². The predicted molar refractivity (Wildman–Crippen MR) is 43.6 cm³/mol. The van der Waals surface area contributed by atoms with Gasteiger partial charge in [0.2, 0.25) is 5.95 Å². The van der Waals surface area contributed by atoms with E-state index in [9.17, 15) is 17.6 Å². The molecule has 0 radical (unpaired) electrons. The Hall–Kier alpha value is -0.600. The van der Waals surface area contributed by atoms with E-state index in [0.717, 1.165) is 12.3 Å². The fourth-order valence-electron chi connectivity index (χ4n) is 0.605. The van der Waals surface area contributed by atoms with Crippen molar-refractivity contribution in [3.05, 3.63) is 21.8 Å². The van der Waals surface area contributed by atoms with Crippen LogP contribution in [0.3, 0.4) is 0 Å². The van der Waals surface area contributed by atoms with Gasteiger partial charge in [-0.3, -0.25) is 0 Å². The Morgan fingerprint density at radius 1 is 1.38 bits per heavy atom. The highest BCUT2D eigenvalue weighted by molar-refractivity contribution is 14.1. The largest absolute Gasteiger partial charge is 0.573 e. The maximum absolute atomic E-state index is 12.6. The number of rotatable bonds is 1. The van der Waals surface area contributed by atoms with Crippen molar-refractivity contribution in [1.82, 2.24) is 4.98 Å². The topological polar surface area (TPSA) is 22.1 Å². The van der Waals surface area contributed by atoms with Gasteiger partial charge in [-0.05, 0) is 22.6 Å². The van der Waals surface area contributed by atoms with Gasteiger partial charge in [0.05, 0.1) is 0 Å². The van der Waals surface area contributed by atoms with Crippen LogP contribution >= 0.6 is 22.6 Å². The second kappa shape index (κ2) is 3.64. The molecule has 0 spiro atoms. The molecule has 0 aliphatic carbocycles. The Morgan fingerprint density at radius 2 is 2.00 bits per heavy atom. The van der Waals surface area contributed by atoms with Gasteiger partial charge in [0, 0.05) is 12.3 Å². The molecular formula is C6H2F4INO. The summed E-state index contributed by atoms with van der Waals surface area (Å²) < 4.78 is 50.9. The predicted octanol–water partition coefficient (Wildman–Crippen LogP) is 2.72. The van der Waals surface area contributed by atoms with Crippen molar-refractivity contribution >= 4 is 22.6 Å². The van der Waals surface area contributed by atoms with Crippen LogP contribution in [0.15, 0.2) is 12.3 Å². The van der Waals surface area contributed by atoms with Gasteiger partial charge >= 0.3 is 6.36 Å². The van der Waals surface area contributed by atoms with E-state index in [1.807, 2.05) is 0 Å². The third-order valence-corrected chi connectivity index (χ3v) is 2.01. The first-order chi connectivity index (χ1) is 5.90. The highest BCUT2D eigenvalue weighted by Gasteiger charge is 2.32. The molecule has 0 N–H and O–H groups in total. The molecule has 0 fully saturated rings. The van der Waals surface area contributed by atoms with Crippen LogP contribution in [-0.4, -0.2) is 11.3 Å². The molecule has 7 heteroatoms. The molecule has 0 amide bonds. The third kappa shape index (κ3) is 2.98. The van der Waals surface area contributed by atoms with Crippen LogP contribution in [0.25, 0.3) is 0 Å². The first-order valence-electron chi connectivity index (χ1n) is 2.96. The van der Waals surface area contributed by atoms with Gasteiger partial charge in [-0.1, -0.05) is 0 Å². The lowest BCUT2D eigenvalue weighted by molar-refractivity contribution is -0.275. The Balaban J connectivity index is 2.96. The van der Waals surface area contributed by atoms with Crippen LogP contribution in [0.5, 0.6) is 5.75 Å². The number of aromatic nitrogens is 1. The Labute approximate surface area is 84.1 Å². The summed E-state index contributed by atoms with van der Waals surface area (Å²) >= 11 is 1.38. The number of nitrogens with zero attached hydrogens (tertiary/aromatic N) is 1. The fraction of sp³-hybridized carbons (Fsp3) is 0.167. The molecule has 0 bridgehead atoms. The molecule has 2 nitrogen and oxygen atoms in total. The minimum atomic E-state index is -4.81. The number of hydrogen-bond acceptors (Lipinski definition) is 2. The van der Waals surface area contributed by atoms with Gasteiger partial charge < -0.3 is 4.74 Å². The van der Waals surface area contributed by atoms with Crippen molar-refractivity contribution < 1.29 is 22.3 Å². The van der Waals surface area contributed by atoms with E-state index < -0.39 is 18.1 Å². The molecule has 72 valence electrons. The molecule has 0 saturated carbocycles. The number of pyridine rings is 1. The monoisotopic (exact) mass is 307 g/mol. The molecule has 0 saturated heterocycles. The Morgan fingerprint density at radius 3 is 2.54 bits per heavy atom. The lowest BCUT2D eigenvalue weighted by Gasteiger charge is -2.09. The second-order valence-electron chi connectivity index (χ2n) is 1.96. The minimum Gasteiger partial charge on any atom is -0.404 e. The molecule has 13 heavy (non-hydrogen) atoms. The fourth-order valence-corrected chi connectivity index (χ4v) is 1.03. The SMILES string of the molecule is Fc1nccc(OC(F)(F)F)c1I. The summed E-state index contributed by atoms with van der Waals surface area (Å²) in [5, 5.41) is 0. The van der Waals surface area contributed by atoms with Crippen LogP contribution in [0.1, 0.15) is 0 Å². The maximum Gasteiger partial charge on any atom is 0.573 e. The van der Waals surface area contributed by atoms with E-state index in [0.29, 0.717) is 0 Å². The standard InChI is InChI=1S/C6H2F4INO/c7-5-4(11)3(1-2-12-5)13-6(8,9)10/h1-2H. The Kier molecular flexibility index (Phi) is 2.94. The molecule has 1 aromatic rings. The smallest absolute Gasteiger partial charge is 0.404 e. The van der Waals surface area contributed by atoms with Crippen LogP contribution in [0.4, 0.5) is 17.6 Å². The third-order valence-electron chi connectivity index (χ3n) is 1.04. The summed E-state index contributed by atoms with van der Waals surface area (Å²) in [5.74, 6) is -1.57. The highest BCUT2D eigenvalue weighted by atomic mass is 127. The molecular weight excluding hydrogens is 305 g/mol. The zero-order valence-corrected chi connectivity index (χ0v) is 8.06. The summed E-state index contributed by atoms with van der Waals surface area (Å²) in [5.41, 5.74) is 0. The minimum absolute atomic E-state index is 0.294. The number of halogens is 5. The Bertz CT molecular complexity index is 314. The van der Waals surface area contributed by atoms with Crippen molar-refractivity contribution in [2.45, 2.75) is 6.36 Å². The van der Waals surface area contributed by atoms with Gasteiger partial charge in [0.25, 0.3) is 0 Å². The molecule has 0 aliphatic rings. The summed E-state index contributed by atoms with van der Waals surface area (Å²) in [6.07, 6.45) is -3.91. The van der Waals surface area contributed by atoms with Gasteiger partial charge in [-0.2, -0.15) is 4.39 Å². The van der Waals surface area contributed by atoms with Crippen LogP contribution in [0.2, 0.25) is 0 Å². The lowest BCUT2D eigenvalue weighted by Crippen LogP contribution is -2.18. The first kappa shape index (κ1) is 10.5. The zero-order chi connectivity index (χ0) is 10.1. The van der Waals surface area contributed by atoms with Crippen molar-refractivity contribution in [2.75, 3.05) is 0 Å². The normalized spacial score (nSPS) is 11.5. The van der Waals surface area contributed by atoms with E-state index >= 15 is 0 Å². The number of hydrogen-bond donors (Lipinski definition) is 0. The average molecular weight is 307 g/mol. The zero-order valence-electron chi connectivity index (χ0n) is 5.90. The van der Waals surface area contributed by atoms with Crippen LogP contribution < -0.4 is 4.74 Å². The summed E-state index contributed by atoms with van der Waals surface area (Å²) in [6.45, 7) is 0. The quantitative estimate of drug-likeness (QED) is 0.452. The van der Waals surface area contributed by atoms with Crippen molar-refractivity contribution in [1.29, 1.82) is 0 Å². The molecule has 0 aliphatic heterocycles. The van der Waals surface area contributed by atoms with E-state index in [1.165, 1.54) is 22.6 Å². The van der Waals surface area contributed by atoms with Crippen molar-refractivity contribution in [3.63, 3.8) is 0 Å². The van der Waals surface area contributed by atoms with Crippen molar-refractivity contribution in [3.8, 4) is 5.75 Å². The van der Waals surface area contributed by atoms with Gasteiger partial charge in [0.1, 0.15) is 9.32 Å². The van der Waals surface area contributed by atoms with Crippen molar-refractivity contribution in [2.24, 2.45) is 0 Å². The first-order valence-corrected chi connectivity index (χ1v) is 4.04. The number of alkyl halides is 3. The molecule has 1 heterocycles. The molecule has 1 rings (SSSR count). The lowest BCUT2D eigenvalue weighted by atomic mass is 10.4. The average Bonchev–Trinajstić information content (AvgIpc) is 1.96. The van der Waals surface area contributed by atoms with E-state index in [4.69, 9.17) is 0 Å².